The van der Waals surface area contributed by atoms with Crippen molar-refractivity contribution >= 4 is 17.4 Å². The second kappa shape index (κ2) is 6.20. The van der Waals surface area contributed by atoms with Crippen molar-refractivity contribution < 1.29 is 0 Å². The highest BCUT2D eigenvalue weighted by Crippen LogP contribution is 2.22. The molecule has 1 aromatic rings. The lowest BCUT2D eigenvalue weighted by atomic mass is 9.85. The Morgan fingerprint density at radius 2 is 1.82 bits per heavy atom. The van der Waals surface area contributed by atoms with Crippen LogP contribution in [0.1, 0.15) is 33.3 Å². The van der Waals surface area contributed by atoms with Gasteiger partial charge in [0.15, 0.2) is 0 Å². The molecule has 1 heterocycles. The summed E-state index contributed by atoms with van der Waals surface area (Å²) < 4.78 is 0. The average molecular weight is 256 g/mol. The molecule has 0 unspecified atom stereocenters. The van der Waals surface area contributed by atoms with E-state index in [4.69, 9.17) is 11.6 Å². The van der Waals surface area contributed by atoms with Gasteiger partial charge in [-0.15, -0.1) is 0 Å². The minimum absolute atomic E-state index is 0.295. The standard InChI is InChI=1S/C13H22ClN3/c1-8(2)11(9(3)4)7-15-12-10(5)6-16-13(14)17-12/h6,8-9,11H,7H2,1-5H3,(H,15,16,17). The normalized spacial score (nSPS) is 11.6. The van der Waals surface area contributed by atoms with Crippen LogP contribution in [0, 0.1) is 24.7 Å². The molecule has 0 radical (unpaired) electrons. The third-order valence-corrected chi connectivity index (χ3v) is 3.34. The predicted octanol–water partition coefficient (Wildman–Crippen LogP) is 3.78. The number of hydrogen-bond acceptors (Lipinski definition) is 3. The Labute approximate surface area is 109 Å². The van der Waals surface area contributed by atoms with Crippen molar-refractivity contribution in [1.29, 1.82) is 0 Å². The zero-order chi connectivity index (χ0) is 13.0. The van der Waals surface area contributed by atoms with Gasteiger partial charge in [-0.25, -0.2) is 9.97 Å². The van der Waals surface area contributed by atoms with Crippen molar-refractivity contribution in [2.75, 3.05) is 11.9 Å². The monoisotopic (exact) mass is 255 g/mol. The molecule has 0 spiro atoms. The van der Waals surface area contributed by atoms with Gasteiger partial charge in [0.25, 0.3) is 0 Å². The SMILES string of the molecule is Cc1cnc(Cl)nc1NCC(C(C)C)C(C)C. The van der Waals surface area contributed by atoms with Crippen LogP contribution in [-0.2, 0) is 0 Å². The number of nitrogens with one attached hydrogen (secondary N) is 1. The van der Waals surface area contributed by atoms with Crippen molar-refractivity contribution in [2.24, 2.45) is 17.8 Å². The number of aromatic nitrogens is 2. The van der Waals surface area contributed by atoms with Crippen LogP contribution in [-0.4, -0.2) is 16.5 Å². The van der Waals surface area contributed by atoms with Gasteiger partial charge in [0.2, 0.25) is 5.28 Å². The van der Waals surface area contributed by atoms with Crippen molar-refractivity contribution in [3.8, 4) is 0 Å². The summed E-state index contributed by atoms with van der Waals surface area (Å²) >= 11 is 5.80. The first-order valence-corrected chi connectivity index (χ1v) is 6.52. The van der Waals surface area contributed by atoms with Gasteiger partial charge in [0, 0.05) is 18.3 Å². The maximum Gasteiger partial charge on any atom is 0.224 e. The highest BCUT2D eigenvalue weighted by Gasteiger charge is 2.17. The molecule has 1 rings (SSSR count). The van der Waals surface area contributed by atoms with Crippen LogP contribution in [0.25, 0.3) is 0 Å². The number of halogens is 1. The molecule has 0 atom stereocenters. The van der Waals surface area contributed by atoms with Crippen LogP contribution in [0.5, 0.6) is 0 Å². The summed E-state index contributed by atoms with van der Waals surface area (Å²) in [6.07, 6.45) is 1.75. The fourth-order valence-corrected chi connectivity index (χ4v) is 2.19. The highest BCUT2D eigenvalue weighted by atomic mass is 35.5. The second-order valence-electron chi connectivity index (χ2n) is 5.20. The number of aryl methyl sites for hydroxylation is 1. The Hall–Kier alpha value is -0.830. The lowest BCUT2D eigenvalue weighted by Crippen LogP contribution is -2.25. The Bertz CT molecular complexity index is 356. The van der Waals surface area contributed by atoms with Crippen LogP contribution < -0.4 is 5.32 Å². The van der Waals surface area contributed by atoms with Crippen molar-refractivity contribution in [3.05, 3.63) is 17.0 Å². The molecule has 0 saturated carbocycles. The van der Waals surface area contributed by atoms with Crippen LogP contribution >= 0.6 is 11.6 Å². The molecule has 0 fully saturated rings. The Balaban J connectivity index is 2.68. The van der Waals surface area contributed by atoms with E-state index in [1.807, 2.05) is 6.92 Å². The molecule has 1 N–H and O–H groups in total. The van der Waals surface area contributed by atoms with Crippen molar-refractivity contribution in [2.45, 2.75) is 34.6 Å². The first-order valence-electron chi connectivity index (χ1n) is 6.14. The summed E-state index contributed by atoms with van der Waals surface area (Å²) in [6, 6.07) is 0. The topological polar surface area (TPSA) is 37.8 Å². The maximum absolute atomic E-state index is 5.80. The predicted molar refractivity (Wildman–Crippen MR) is 73.4 cm³/mol. The summed E-state index contributed by atoms with van der Waals surface area (Å²) in [6.45, 7) is 11.9. The van der Waals surface area contributed by atoms with Gasteiger partial charge in [0.05, 0.1) is 0 Å². The average Bonchev–Trinajstić information content (AvgIpc) is 2.22. The van der Waals surface area contributed by atoms with E-state index in [0.717, 1.165) is 17.9 Å². The molecule has 1 aromatic heterocycles. The minimum Gasteiger partial charge on any atom is -0.369 e. The maximum atomic E-state index is 5.80. The van der Waals surface area contributed by atoms with Gasteiger partial charge in [-0.2, -0.15) is 0 Å². The van der Waals surface area contributed by atoms with E-state index in [1.165, 1.54) is 0 Å². The van der Waals surface area contributed by atoms with Gasteiger partial charge < -0.3 is 5.32 Å². The molecule has 0 amide bonds. The van der Waals surface area contributed by atoms with Gasteiger partial charge in [-0.3, -0.25) is 0 Å². The van der Waals surface area contributed by atoms with Gasteiger partial charge in [-0.1, -0.05) is 27.7 Å². The highest BCUT2D eigenvalue weighted by molar-refractivity contribution is 6.28. The molecular formula is C13H22ClN3. The third-order valence-electron chi connectivity index (χ3n) is 3.16. The minimum atomic E-state index is 0.295. The van der Waals surface area contributed by atoms with E-state index < -0.39 is 0 Å². The number of nitrogens with zero attached hydrogens (tertiary/aromatic N) is 2. The van der Waals surface area contributed by atoms with Gasteiger partial charge >= 0.3 is 0 Å². The molecule has 0 aliphatic carbocycles. The van der Waals surface area contributed by atoms with E-state index in [0.29, 0.717) is 23.0 Å². The van der Waals surface area contributed by atoms with E-state index >= 15 is 0 Å². The van der Waals surface area contributed by atoms with Crippen molar-refractivity contribution in [3.63, 3.8) is 0 Å². The lowest BCUT2D eigenvalue weighted by molar-refractivity contribution is 0.304. The molecular weight excluding hydrogens is 234 g/mol. The Morgan fingerprint density at radius 3 is 2.35 bits per heavy atom. The van der Waals surface area contributed by atoms with Crippen LogP contribution in [0.4, 0.5) is 5.82 Å². The zero-order valence-electron chi connectivity index (χ0n) is 11.3. The van der Waals surface area contributed by atoms with E-state index in [9.17, 15) is 0 Å². The van der Waals surface area contributed by atoms with Gasteiger partial charge in [-0.05, 0) is 36.3 Å². The van der Waals surface area contributed by atoms with Crippen LogP contribution in [0.2, 0.25) is 5.28 Å². The first kappa shape index (κ1) is 14.2. The number of hydrogen-bond donors (Lipinski definition) is 1. The third kappa shape index (κ3) is 4.15. The van der Waals surface area contributed by atoms with Crippen LogP contribution in [0.3, 0.4) is 0 Å². The largest absolute Gasteiger partial charge is 0.369 e. The van der Waals surface area contributed by atoms with E-state index in [1.54, 1.807) is 6.20 Å². The number of rotatable bonds is 5. The number of anilines is 1. The molecule has 0 aliphatic rings. The molecule has 0 aromatic carbocycles. The second-order valence-corrected chi connectivity index (χ2v) is 5.54. The molecule has 0 aliphatic heterocycles. The zero-order valence-corrected chi connectivity index (χ0v) is 12.0. The summed E-state index contributed by atoms with van der Waals surface area (Å²) in [7, 11) is 0. The quantitative estimate of drug-likeness (QED) is 0.814. The fraction of sp³-hybridized carbons (Fsp3) is 0.692. The molecule has 4 heteroatoms. The van der Waals surface area contributed by atoms with E-state index in [2.05, 4.69) is 43.0 Å². The smallest absolute Gasteiger partial charge is 0.224 e. The van der Waals surface area contributed by atoms with Crippen molar-refractivity contribution in [1.82, 2.24) is 9.97 Å². The molecule has 0 saturated heterocycles. The van der Waals surface area contributed by atoms with E-state index in [-0.39, 0.29) is 0 Å². The molecule has 17 heavy (non-hydrogen) atoms. The lowest BCUT2D eigenvalue weighted by Gasteiger charge is -2.25. The van der Waals surface area contributed by atoms with Gasteiger partial charge in [0.1, 0.15) is 5.82 Å². The Morgan fingerprint density at radius 1 is 1.24 bits per heavy atom. The van der Waals surface area contributed by atoms with Crippen LogP contribution in [0.15, 0.2) is 6.20 Å². The first-order chi connectivity index (χ1) is 7.91. The summed E-state index contributed by atoms with van der Waals surface area (Å²) in [5.74, 6) is 2.78. The fourth-order valence-electron chi connectivity index (χ4n) is 2.06. The summed E-state index contributed by atoms with van der Waals surface area (Å²) in [5, 5.41) is 3.68. The molecule has 0 bridgehead atoms. The molecule has 96 valence electrons. The summed E-state index contributed by atoms with van der Waals surface area (Å²) in [5.41, 5.74) is 1.03. The summed E-state index contributed by atoms with van der Waals surface area (Å²) in [4.78, 5) is 8.16. The molecule has 3 nitrogen and oxygen atoms in total. The Kier molecular flexibility index (Phi) is 5.19.